The maximum atomic E-state index is 12.5. The summed E-state index contributed by atoms with van der Waals surface area (Å²) in [5.74, 6) is -0.458. The molecule has 2 aromatic rings. The van der Waals surface area contributed by atoms with Crippen LogP contribution in [-0.2, 0) is 28.4 Å². The number of benzene rings is 2. The van der Waals surface area contributed by atoms with E-state index in [9.17, 15) is 26.7 Å². The molecule has 0 fully saturated rings. The highest BCUT2D eigenvalue weighted by atomic mass is 32.2. The molecular formula is C19H22F3NO3S. The number of aryl methyl sites for hydroxylation is 1. The molecule has 4 nitrogen and oxygen atoms in total. The number of hydrogen-bond donors (Lipinski definition) is 2. The molecule has 0 saturated heterocycles. The number of aliphatic hydroxyl groups is 1. The molecule has 148 valence electrons. The van der Waals surface area contributed by atoms with E-state index in [2.05, 4.69) is 4.72 Å². The predicted molar refractivity (Wildman–Crippen MR) is 97.5 cm³/mol. The van der Waals surface area contributed by atoms with Gasteiger partial charge in [0.2, 0.25) is 10.0 Å². The zero-order valence-electron chi connectivity index (χ0n) is 14.8. The van der Waals surface area contributed by atoms with Crippen LogP contribution in [0.4, 0.5) is 13.2 Å². The molecule has 1 atom stereocenters. The quantitative estimate of drug-likeness (QED) is 0.711. The Balaban J connectivity index is 1.89. The first-order valence-corrected chi connectivity index (χ1v) is 10.0. The summed E-state index contributed by atoms with van der Waals surface area (Å²) < 4.78 is 64.3. The van der Waals surface area contributed by atoms with Crippen LogP contribution in [0.1, 0.15) is 30.0 Å². The molecule has 0 aliphatic heterocycles. The monoisotopic (exact) mass is 401 g/mol. The average molecular weight is 401 g/mol. The van der Waals surface area contributed by atoms with Crippen molar-refractivity contribution in [3.8, 4) is 0 Å². The van der Waals surface area contributed by atoms with Gasteiger partial charge in [-0.05, 0) is 43.0 Å². The van der Waals surface area contributed by atoms with Gasteiger partial charge < -0.3 is 5.11 Å². The average Bonchev–Trinajstić information content (AvgIpc) is 2.59. The summed E-state index contributed by atoms with van der Waals surface area (Å²) in [5.41, 5.74) is -0.812. The molecule has 2 aromatic carbocycles. The van der Waals surface area contributed by atoms with E-state index < -0.39 is 33.1 Å². The molecule has 0 bridgehead atoms. The van der Waals surface area contributed by atoms with Gasteiger partial charge in [-0.25, -0.2) is 13.1 Å². The second-order valence-electron chi connectivity index (χ2n) is 6.76. The summed E-state index contributed by atoms with van der Waals surface area (Å²) in [6.07, 6.45) is -3.51. The molecular weight excluding hydrogens is 379 g/mol. The molecule has 2 rings (SSSR count). The van der Waals surface area contributed by atoms with Crippen molar-refractivity contribution in [2.24, 2.45) is 0 Å². The van der Waals surface area contributed by atoms with Gasteiger partial charge >= 0.3 is 6.18 Å². The first-order chi connectivity index (χ1) is 12.5. The minimum Gasteiger partial charge on any atom is -0.389 e. The Bertz CT molecular complexity index is 833. The standard InChI is InChI=1S/C19H22F3NO3S/c1-18(24,12-11-15-5-3-2-4-6-15)14-23-27(25,26)13-16-7-9-17(10-8-16)19(20,21)22/h2-10,23-24H,11-14H2,1H3/t18-/m1/s1. The van der Waals surface area contributed by atoms with E-state index in [4.69, 9.17) is 0 Å². The van der Waals surface area contributed by atoms with Crippen LogP contribution in [0.5, 0.6) is 0 Å². The number of alkyl halides is 3. The van der Waals surface area contributed by atoms with E-state index in [-0.39, 0.29) is 12.1 Å². The van der Waals surface area contributed by atoms with E-state index in [1.54, 1.807) is 0 Å². The number of nitrogens with one attached hydrogen (secondary N) is 1. The zero-order chi connectivity index (χ0) is 20.1. The van der Waals surface area contributed by atoms with E-state index in [1.807, 2.05) is 30.3 Å². The number of halogens is 3. The van der Waals surface area contributed by atoms with E-state index in [0.717, 1.165) is 29.8 Å². The summed E-state index contributed by atoms with van der Waals surface area (Å²) in [4.78, 5) is 0. The number of rotatable bonds is 8. The lowest BCUT2D eigenvalue weighted by molar-refractivity contribution is -0.137. The van der Waals surface area contributed by atoms with Gasteiger partial charge in [-0.1, -0.05) is 42.5 Å². The van der Waals surface area contributed by atoms with Gasteiger partial charge in [0, 0.05) is 6.54 Å². The van der Waals surface area contributed by atoms with Crippen molar-refractivity contribution in [1.29, 1.82) is 0 Å². The van der Waals surface area contributed by atoms with Gasteiger partial charge in [0.05, 0.1) is 16.9 Å². The largest absolute Gasteiger partial charge is 0.416 e. The molecule has 2 N–H and O–H groups in total. The van der Waals surface area contributed by atoms with Crippen LogP contribution >= 0.6 is 0 Å². The van der Waals surface area contributed by atoms with Crippen molar-refractivity contribution in [3.63, 3.8) is 0 Å². The molecule has 0 saturated carbocycles. The Labute approximate surface area is 157 Å². The van der Waals surface area contributed by atoms with E-state index >= 15 is 0 Å². The van der Waals surface area contributed by atoms with E-state index in [0.29, 0.717) is 12.8 Å². The highest BCUT2D eigenvalue weighted by molar-refractivity contribution is 7.88. The molecule has 0 aliphatic carbocycles. The minimum absolute atomic E-state index is 0.178. The molecule has 0 unspecified atom stereocenters. The third-order valence-corrected chi connectivity index (χ3v) is 5.40. The van der Waals surface area contributed by atoms with Crippen LogP contribution in [0.3, 0.4) is 0 Å². The van der Waals surface area contributed by atoms with Gasteiger partial charge in [-0.15, -0.1) is 0 Å². The normalized spacial score (nSPS) is 14.7. The molecule has 8 heteroatoms. The lowest BCUT2D eigenvalue weighted by atomic mass is 9.97. The highest BCUT2D eigenvalue weighted by Crippen LogP contribution is 2.29. The van der Waals surface area contributed by atoms with Crippen LogP contribution in [0.15, 0.2) is 54.6 Å². The summed E-state index contributed by atoms with van der Waals surface area (Å²) >= 11 is 0. The fourth-order valence-corrected chi connectivity index (χ4v) is 3.74. The summed E-state index contributed by atoms with van der Waals surface area (Å²) in [6, 6.07) is 13.5. The summed E-state index contributed by atoms with van der Waals surface area (Å²) in [7, 11) is -3.79. The van der Waals surface area contributed by atoms with Crippen LogP contribution in [0.25, 0.3) is 0 Å². The Kier molecular flexibility index (Phi) is 6.67. The minimum atomic E-state index is -4.47. The Morgan fingerprint density at radius 1 is 0.963 bits per heavy atom. The van der Waals surface area contributed by atoms with Gasteiger partial charge in [0.1, 0.15) is 0 Å². The van der Waals surface area contributed by atoms with Crippen molar-refractivity contribution in [2.75, 3.05) is 6.54 Å². The predicted octanol–water partition coefficient (Wildman–Crippen LogP) is 3.51. The van der Waals surface area contributed by atoms with E-state index in [1.165, 1.54) is 6.92 Å². The lowest BCUT2D eigenvalue weighted by Crippen LogP contribution is -2.41. The fraction of sp³-hybridized carbons (Fsp3) is 0.368. The SMILES string of the molecule is C[C@@](O)(CCc1ccccc1)CNS(=O)(=O)Cc1ccc(C(F)(F)F)cc1. The van der Waals surface area contributed by atoms with Gasteiger partial charge in [-0.2, -0.15) is 13.2 Å². The third kappa shape index (κ3) is 7.32. The van der Waals surface area contributed by atoms with Crippen LogP contribution in [0, 0.1) is 0 Å². The molecule has 0 radical (unpaired) electrons. The lowest BCUT2D eigenvalue weighted by Gasteiger charge is -2.23. The zero-order valence-corrected chi connectivity index (χ0v) is 15.6. The van der Waals surface area contributed by atoms with Crippen LogP contribution in [0.2, 0.25) is 0 Å². The van der Waals surface area contributed by atoms with Crippen molar-refractivity contribution in [3.05, 3.63) is 71.3 Å². The van der Waals surface area contributed by atoms with Gasteiger partial charge in [0.15, 0.2) is 0 Å². The first-order valence-electron chi connectivity index (χ1n) is 8.37. The first kappa shape index (κ1) is 21.4. The van der Waals surface area contributed by atoms with Crippen molar-refractivity contribution < 1.29 is 26.7 Å². The second-order valence-corrected chi connectivity index (χ2v) is 8.56. The number of hydrogen-bond acceptors (Lipinski definition) is 3. The topological polar surface area (TPSA) is 66.4 Å². The Morgan fingerprint density at radius 3 is 2.11 bits per heavy atom. The van der Waals surface area contributed by atoms with Gasteiger partial charge in [0.25, 0.3) is 0 Å². The third-order valence-electron chi connectivity index (χ3n) is 4.11. The summed E-state index contributed by atoms with van der Waals surface area (Å²) in [5, 5.41) is 10.4. The van der Waals surface area contributed by atoms with Gasteiger partial charge in [-0.3, -0.25) is 0 Å². The molecule has 27 heavy (non-hydrogen) atoms. The van der Waals surface area contributed by atoms with Crippen molar-refractivity contribution >= 4 is 10.0 Å². The maximum absolute atomic E-state index is 12.5. The fourth-order valence-electron chi connectivity index (χ4n) is 2.47. The van der Waals surface area contributed by atoms with Crippen LogP contribution in [-0.4, -0.2) is 25.7 Å². The second kappa shape index (κ2) is 8.41. The maximum Gasteiger partial charge on any atom is 0.416 e. The number of sulfonamides is 1. The Hall–Kier alpha value is -1.90. The molecule has 0 aliphatic rings. The smallest absolute Gasteiger partial charge is 0.389 e. The summed E-state index contributed by atoms with van der Waals surface area (Å²) in [6.45, 7) is 1.36. The van der Waals surface area contributed by atoms with Crippen molar-refractivity contribution in [2.45, 2.75) is 37.3 Å². The Morgan fingerprint density at radius 2 is 1.56 bits per heavy atom. The molecule has 0 amide bonds. The molecule has 0 heterocycles. The highest BCUT2D eigenvalue weighted by Gasteiger charge is 2.30. The van der Waals surface area contributed by atoms with Crippen molar-refractivity contribution in [1.82, 2.24) is 4.72 Å². The molecule has 0 spiro atoms. The molecule has 0 aromatic heterocycles. The van der Waals surface area contributed by atoms with Crippen LogP contribution < -0.4 is 4.72 Å².